The van der Waals surface area contributed by atoms with Crippen molar-refractivity contribution in [3.63, 3.8) is 0 Å². The van der Waals surface area contributed by atoms with Crippen molar-refractivity contribution >= 4 is 11.8 Å². The van der Waals surface area contributed by atoms with Crippen LogP contribution in [0.15, 0.2) is 24.3 Å². The van der Waals surface area contributed by atoms with Crippen LogP contribution in [0.25, 0.3) is 0 Å². The molecule has 1 aromatic carbocycles. The average Bonchev–Trinajstić information content (AvgIpc) is 2.44. The Labute approximate surface area is 88.7 Å². The molecule has 0 saturated carbocycles. The minimum atomic E-state index is -0.163. The summed E-state index contributed by atoms with van der Waals surface area (Å²) in [7, 11) is 0. The fourth-order valence-corrected chi connectivity index (χ4v) is 1.77. The van der Waals surface area contributed by atoms with E-state index in [2.05, 4.69) is 0 Å². The van der Waals surface area contributed by atoms with Crippen LogP contribution in [0, 0.1) is 5.92 Å². The van der Waals surface area contributed by atoms with Crippen molar-refractivity contribution in [3.05, 3.63) is 35.4 Å². The van der Waals surface area contributed by atoms with Gasteiger partial charge in [-0.05, 0) is 18.1 Å². The minimum Gasteiger partial charge on any atom is -0.274 e. The van der Waals surface area contributed by atoms with Gasteiger partial charge in [0, 0.05) is 6.54 Å². The average molecular weight is 203 g/mol. The smallest absolute Gasteiger partial charge is 0.261 e. The molecule has 0 atom stereocenters. The zero-order chi connectivity index (χ0) is 11.0. The fourth-order valence-electron chi connectivity index (χ4n) is 1.77. The zero-order valence-corrected chi connectivity index (χ0v) is 8.86. The summed E-state index contributed by atoms with van der Waals surface area (Å²) in [5.74, 6) is -0.0270. The summed E-state index contributed by atoms with van der Waals surface area (Å²) in [6, 6.07) is 6.97. The summed E-state index contributed by atoms with van der Waals surface area (Å²) in [5, 5.41) is 0. The second-order valence-electron chi connectivity index (χ2n) is 4.16. The van der Waals surface area contributed by atoms with E-state index in [-0.39, 0.29) is 11.8 Å². The molecule has 0 saturated heterocycles. The Kier molecular flexibility index (Phi) is 2.31. The van der Waals surface area contributed by atoms with Crippen LogP contribution in [0.1, 0.15) is 34.6 Å². The van der Waals surface area contributed by atoms with Crippen LogP contribution in [0.5, 0.6) is 0 Å². The third-order valence-corrected chi connectivity index (χ3v) is 2.43. The topological polar surface area (TPSA) is 37.4 Å². The molecule has 2 amide bonds. The molecule has 3 nitrogen and oxygen atoms in total. The van der Waals surface area contributed by atoms with Gasteiger partial charge in [0.05, 0.1) is 11.1 Å². The predicted molar refractivity (Wildman–Crippen MR) is 56.6 cm³/mol. The molecular weight excluding hydrogens is 190 g/mol. The van der Waals surface area contributed by atoms with E-state index >= 15 is 0 Å². The summed E-state index contributed by atoms with van der Waals surface area (Å²) in [6.45, 7) is 4.47. The largest absolute Gasteiger partial charge is 0.274 e. The van der Waals surface area contributed by atoms with Crippen LogP contribution < -0.4 is 0 Å². The monoisotopic (exact) mass is 203 g/mol. The molecule has 0 aromatic heterocycles. The number of carbonyl (C=O) groups excluding carboxylic acids is 2. The number of hydrogen-bond acceptors (Lipinski definition) is 2. The molecular formula is C12H13NO2. The lowest BCUT2D eigenvalue weighted by atomic mass is 10.1. The maximum absolute atomic E-state index is 11.8. The Hall–Kier alpha value is -1.64. The van der Waals surface area contributed by atoms with Crippen LogP contribution in [0.4, 0.5) is 0 Å². The van der Waals surface area contributed by atoms with E-state index in [4.69, 9.17) is 0 Å². The highest BCUT2D eigenvalue weighted by molar-refractivity contribution is 6.21. The molecule has 78 valence electrons. The summed E-state index contributed by atoms with van der Waals surface area (Å²) in [5.41, 5.74) is 1.06. The molecule has 3 heteroatoms. The molecule has 0 spiro atoms. The predicted octanol–water partition coefficient (Wildman–Crippen LogP) is 1.94. The Balaban J connectivity index is 2.37. The molecule has 15 heavy (non-hydrogen) atoms. The van der Waals surface area contributed by atoms with E-state index in [1.54, 1.807) is 24.3 Å². The van der Waals surface area contributed by atoms with E-state index in [1.807, 2.05) is 13.8 Å². The van der Waals surface area contributed by atoms with E-state index in [1.165, 1.54) is 4.90 Å². The Morgan fingerprint density at radius 1 is 1.07 bits per heavy atom. The number of fused-ring (bicyclic) bond motifs is 1. The molecule has 1 aliphatic heterocycles. The Bertz CT molecular complexity index is 388. The molecule has 1 aromatic rings. The molecule has 2 rings (SSSR count). The van der Waals surface area contributed by atoms with Gasteiger partial charge in [-0.1, -0.05) is 26.0 Å². The van der Waals surface area contributed by atoms with Gasteiger partial charge in [-0.25, -0.2) is 0 Å². The van der Waals surface area contributed by atoms with Crippen molar-refractivity contribution < 1.29 is 9.59 Å². The SMILES string of the molecule is CC(C)CN1C(=O)c2ccccc2C1=O. The zero-order valence-electron chi connectivity index (χ0n) is 8.86. The first kappa shape index (κ1) is 9.90. The van der Waals surface area contributed by atoms with Crippen LogP contribution in [0.2, 0.25) is 0 Å². The van der Waals surface area contributed by atoms with Crippen molar-refractivity contribution in [2.24, 2.45) is 5.92 Å². The second-order valence-corrected chi connectivity index (χ2v) is 4.16. The summed E-state index contributed by atoms with van der Waals surface area (Å²) < 4.78 is 0. The molecule has 1 heterocycles. The maximum atomic E-state index is 11.8. The quantitative estimate of drug-likeness (QED) is 0.689. The third-order valence-electron chi connectivity index (χ3n) is 2.43. The molecule has 0 N–H and O–H groups in total. The van der Waals surface area contributed by atoms with E-state index in [0.29, 0.717) is 23.6 Å². The highest BCUT2D eigenvalue weighted by atomic mass is 16.2. The highest BCUT2D eigenvalue weighted by Crippen LogP contribution is 2.22. The van der Waals surface area contributed by atoms with Gasteiger partial charge in [0.15, 0.2) is 0 Å². The van der Waals surface area contributed by atoms with Gasteiger partial charge >= 0.3 is 0 Å². The van der Waals surface area contributed by atoms with Crippen LogP contribution >= 0.6 is 0 Å². The van der Waals surface area contributed by atoms with Crippen molar-refractivity contribution in [2.75, 3.05) is 6.54 Å². The minimum absolute atomic E-state index is 0.163. The lowest BCUT2D eigenvalue weighted by Crippen LogP contribution is -2.33. The van der Waals surface area contributed by atoms with Gasteiger partial charge < -0.3 is 0 Å². The molecule has 0 radical (unpaired) electrons. The second kappa shape index (κ2) is 3.50. The van der Waals surface area contributed by atoms with Gasteiger partial charge in [0.1, 0.15) is 0 Å². The number of amides is 2. The van der Waals surface area contributed by atoms with Crippen LogP contribution in [-0.2, 0) is 0 Å². The Morgan fingerprint density at radius 3 is 1.93 bits per heavy atom. The summed E-state index contributed by atoms with van der Waals surface area (Å²) in [6.07, 6.45) is 0. The highest BCUT2D eigenvalue weighted by Gasteiger charge is 2.34. The molecule has 0 fully saturated rings. The van der Waals surface area contributed by atoms with Crippen LogP contribution in [0.3, 0.4) is 0 Å². The normalized spacial score (nSPS) is 15.0. The van der Waals surface area contributed by atoms with Gasteiger partial charge in [0.2, 0.25) is 0 Å². The van der Waals surface area contributed by atoms with Crippen molar-refractivity contribution in [3.8, 4) is 0 Å². The van der Waals surface area contributed by atoms with Gasteiger partial charge in [-0.2, -0.15) is 0 Å². The number of rotatable bonds is 2. The summed E-state index contributed by atoms with van der Waals surface area (Å²) >= 11 is 0. The standard InChI is InChI=1S/C12H13NO2/c1-8(2)7-13-11(14)9-5-3-4-6-10(9)12(13)15/h3-6,8H,7H2,1-2H3. The third kappa shape index (κ3) is 1.54. The molecule has 0 aliphatic carbocycles. The first-order valence-electron chi connectivity index (χ1n) is 5.06. The summed E-state index contributed by atoms with van der Waals surface area (Å²) in [4.78, 5) is 25.0. The van der Waals surface area contributed by atoms with E-state index < -0.39 is 0 Å². The lowest BCUT2D eigenvalue weighted by Gasteiger charge is -2.15. The Morgan fingerprint density at radius 2 is 1.53 bits per heavy atom. The van der Waals surface area contributed by atoms with Gasteiger partial charge in [-0.15, -0.1) is 0 Å². The van der Waals surface area contributed by atoms with Crippen LogP contribution in [-0.4, -0.2) is 23.3 Å². The number of imide groups is 1. The van der Waals surface area contributed by atoms with Gasteiger partial charge in [0.25, 0.3) is 11.8 Å². The van der Waals surface area contributed by atoms with E-state index in [0.717, 1.165) is 0 Å². The lowest BCUT2D eigenvalue weighted by molar-refractivity contribution is 0.0636. The number of benzene rings is 1. The number of carbonyl (C=O) groups is 2. The molecule has 1 aliphatic rings. The van der Waals surface area contributed by atoms with Crippen molar-refractivity contribution in [1.82, 2.24) is 4.90 Å². The number of hydrogen-bond donors (Lipinski definition) is 0. The van der Waals surface area contributed by atoms with E-state index in [9.17, 15) is 9.59 Å². The molecule has 0 bridgehead atoms. The van der Waals surface area contributed by atoms with Crippen molar-refractivity contribution in [1.29, 1.82) is 0 Å². The molecule has 0 unspecified atom stereocenters. The van der Waals surface area contributed by atoms with Gasteiger partial charge in [-0.3, -0.25) is 14.5 Å². The first-order chi connectivity index (χ1) is 7.11. The van der Waals surface area contributed by atoms with Crippen molar-refractivity contribution in [2.45, 2.75) is 13.8 Å². The fraction of sp³-hybridized carbons (Fsp3) is 0.333. The maximum Gasteiger partial charge on any atom is 0.261 e. The first-order valence-corrected chi connectivity index (χ1v) is 5.06. The number of nitrogens with zero attached hydrogens (tertiary/aromatic N) is 1.